The number of hydrogen-bond acceptors (Lipinski definition) is 2. The molecule has 0 aliphatic carbocycles. The van der Waals surface area contributed by atoms with Crippen molar-refractivity contribution < 1.29 is 22.3 Å². The number of rotatable bonds is 2. The van der Waals surface area contributed by atoms with E-state index in [0.717, 1.165) is 12.1 Å². The zero-order valence-electron chi connectivity index (χ0n) is 9.54. The lowest BCUT2D eigenvalue weighted by Gasteiger charge is -2.11. The van der Waals surface area contributed by atoms with Crippen molar-refractivity contribution in [3.63, 3.8) is 0 Å². The summed E-state index contributed by atoms with van der Waals surface area (Å²) in [6, 6.07) is 9.33. The normalized spacial score (nSPS) is 11.4. The highest BCUT2D eigenvalue weighted by Gasteiger charge is 2.31. The highest BCUT2D eigenvalue weighted by molar-refractivity contribution is 5.77. The minimum absolute atomic E-state index is 0.119. The molecule has 0 amide bonds. The molecule has 0 atom stereocenters. The maximum absolute atomic E-state index is 13.3. The van der Waals surface area contributed by atoms with Crippen LogP contribution in [-0.4, -0.2) is 6.36 Å². The Bertz CT molecular complexity index is 595. The van der Waals surface area contributed by atoms with E-state index in [9.17, 15) is 17.6 Å². The summed E-state index contributed by atoms with van der Waals surface area (Å²) in [5.41, 5.74) is 6.09. The highest BCUT2D eigenvalue weighted by Crippen LogP contribution is 2.31. The average molecular weight is 271 g/mol. The van der Waals surface area contributed by atoms with E-state index in [1.165, 1.54) is 30.3 Å². The fraction of sp³-hybridized carbons (Fsp3) is 0.0769. The first-order valence-electron chi connectivity index (χ1n) is 5.27. The van der Waals surface area contributed by atoms with Gasteiger partial charge in [0.2, 0.25) is 0 Å². The van der Waals surface area contributed by atoms with Crippen molar-refractivity contribution in [2.24, 2.45) is 0 Å². The summed E-state index contributed by atoms with van der Waals surface area (Å²) >= 11 is 0. The molecule has 2 aromatic rings. The predicted molar refractivity (Wildman–Crippen MR) is 62.9 cm³/mol. The fourth-order valence-corrected chi connectivity index (χ4v) is 1.65. The van der Waals surface area contributed by atoms with Crippen LogP contribution in [0.1, 0.15) is 0 Å². The average Bonchev–Trinajstić information content (AvgIpc) is 2.31. The zero-order chi connectivity index (χ0) is 14.0. The molecule has 0 unspecified atom stereocenters. The molecule has 0 fully saturated rings. The number of nitrogen functional groups attached to an aromatic ring is 1. The zero-order valence-corrected chi connectivity index (χ0v) is 9.54. The standard InChI is InChI=1S/C13H9F4NO/c14-11-6-2-5-10(12(11)18)8-3-1-4-9(7-8)19-13(15,16)17/h1-7H,18H2. The topological polar surface area (TPSA) is 35.2 Å². The van der Waals surface area contributed by atoms with Crippen molar-refractivity contribution in [3.8, 4) is 16.9 Å². The molecule has 0 aliphatic heterocycles. The molecule has 2 aromatic carbocycles. The Morgan fingerprint density at radius 3 is 2.37 bits per heavy atom. The lowest BCUT2D eigenvalue weighted by Crippen LogP contribution is -2.17. The van der Waals surface area contributed by atoms with Crippen LogP contribution >= 0.6 is 0 Å². The maximum Gasteiger partial charge on any atom is 0.573 e. The molecule has 0 saturated heterocycles. The monoisotopic (exact) mass is 271 g/mol. The Morgan fingerprint density at radius 1 is 1.00 bits per heavy atom. The van der Waals surface area contributed by atoms with Crippen LogP contribution in [0.3, 0.4) is 0 Å². The molecule has 0 spiro atoms. The van der Waals surface area contributed by atoms with Gasteiger partial charge in [-0.25, -0.2) is 4.39 Å². The van der Waals surface area contributed by atoms with E-state index >= 15 is 0 Å². The molecule has 0 radical (unpaired) electrons. The molecule has 2 nitrogen and oxygen atoms in total. The van der Waals surface area contributed by atoms with Crippen molar-refractivity contribution in [2.75, 3.05) is 5.73 Å². The molecule has 19 heavy (non-hydrogen) atoms. The second-order valence-electron chi connectivity index (χ2n) is 3.78. The maximum atomic E-state index is 13.3. The Morgan fingerprint density at radius 2 is 1.68 bits per heavy atom. The smallest absolute Gasteiger partial charge is 0.406 e. The molecular weight excluding hydrogens is 262 g/mol. The van der Waals surface area contributed by atoms with Gasteiger partial charge >= 0.3 is 6.36 Å². The van der Waals surface area contributed by atoms with Crippen LogP contribution in [0.15, 0.2) is 42.5 Å². The summed E-state index contributed by atoms with van der Waals surface area (Å²) in [5.74, 6) is -1.01. The van der Waals surface area contributed by atoms with Gasteiger partial charge in [-0.1, -0.05) is 24.3 Å². The summed E-state index contributed by atoms with van der Waals surface area (Å²) in [7, 11) is 0. The summed E-state index contributed by atoms with van der Waals surface area (Å²) in [6.45, 7) is 0. The van der Waals surface area contributed by atoms with E-state index < -0.39 is 12.2 Å². The Hall–Kier alpha value is -2.24. The van der Waals surface area contributed by atoms with E-state index in [0.29, 0.717) is 11.1 Å². The van der Waals surface area contributed by atoms with E-state index in [2.05, 4.69) is 4.74 Å². The van der Waals surface area contributed by atoms with Crippen molar-refractivity contribution in [1.82, 2.24) is 0 Å². The summed E-state index contributed by atoms with van der Waals surface area (Å²) in [5, 5.41) is 0. The first kappa shape index (κ1) is 13.2. The fourth-order valence-electron chi connectivity index (χ4n) is 1.65. The van der Waals surface area contributed by atoms with Gasteiger partial charge in [-0.2, -0.15) is 0 Å². The van der Waals surface area contributed by atoms with Gasteiger partial charge in [-0.3, -0.25) is 0 Å². The molecule has 0 heterocycles. The van der Waals surface area contributed by atoms with Crippen molar-refractivity contribution in [2.45, 2.75) is 6.36 Å². The number of anilines is 1. The Kier molecular flexibility index (Phi) is 3.33. The first-order chi connectivity index (χ1) is 8.87. The van der Waals surface area contributed by atoms with Gasteiger partial charge in [-0.05, 0) is 23.8 Å². The van der Waals surface area contributed by atoms with Crippen LogP contribution in [0, 0.1) is 5.82 Å². The van der Waals surface area contributed by atoms with Crippen molar-refractivity contribution >= 4 is 5.69 Å². The van der Waals surface area contributed by atoms with Gasteiger partial charge in [0, 0.05) is 5.56 Å². The molecule has 0 bridgehead atoms. The van der Waals surface area contributed by atoms with Gasteiger partial charge in [0.1, 0.15) is 11.6 Å². The van der Waals surface area contributed by atoms with E-state index in [1.807, 2.05) is 0 Å². The molecule has 2 N–H and O–H groups in total. The molecular formula is C13H9F4NO. The van der Waals surface area contributed by atoms with Crippen molar-refractivity contribution in [3.05, 3.63) is 48.3 Å². The number of para-hydroxylation sites is 1. The number of halogens is 4. The SMILES string of the molecule is Nc1c(F)cccc1-c1cccc(OC(F)(F)F)c1. The molecule has 0 aliphatic rings. The highest BCUT2D eigenvalue weighted by atomic mass is 19.4. The third-order valence-corrected chi connectivity index (χ3v) is 2.43. The Labute approximate surface area is 106 Å². The van der Waals surface area contributed by atoms with Crippen LogP contribution in [0.5, 0.6) is 5.75 Å². The quantitative estimate of drug-likeness (QED) is 0.662. The lowest BCUT2D eigenvalue weighted by molar-refractivity contribution is -0.274. The molecule has 6 heteroatoms. The number of alkyl halides is 3. The van der Waals surface area contributed by atoms with Crippen LogP contribution in [-0.2, 0) is 0 Å². The van der Waals surface area contributed by atoms with E-state index in [4.69, 9.17) is 5.73 Å². The number of ether oxygens (including phenoxy) is 1. The van der Waals surface area contributed by atoms with E-state index in [-0.39, 0.29) is 11.4 Å². The van der Waals surface area contributed by atoms with Gasteiger partial charge in [0.15, 0.2) is 0 Å². The minimum Gasteiger partial charge on any atom is -0.406 e. The van der Waals surface area contributed by atoms with Gasteiger partial charge in [-0.15, -0.1) is 13.2 Å². The second kappa shape index (κ2) is 4.79. The second-order valence-corrected chi connectivity index (χ2v) is 3.78. The Balaban J connectivity index is 2.41. The first-order valence-corrected chi connectivity index (χ1v) is 5.27. The van der Waals surface area contributed by atoms with E-state index in [1.54, 1.807) is 0 Å². The lowest BCUT2D eigenvalue weighted by atomic mass is 10.0. The number of hydrogen-bond donors (Lipinski definition) is 1. The third kappa shape index (κ3) is 3.15. The van der Waals surface area contributed by atoms with Crippen LogP contribution < -0.4 is 10.5 Å². The predicted octanol–water partition coefficient (Wildman–Crippen LogP) is 3.97. The van der Waals surface area contributed by atoms with Crippen LogP contribution in [0.25, 0.3) is 11.1 Å². The molecule has 2 rings (SSSR count). The van der Waals surface area contributed by atoms with Gasteiger partial charge in [0.05, 0.1) is 5.69 Å². The molecule has 100 valence electrons. The summed E-state index contributed by atoms with van der Waals surface area (Å²) in [4.78, 5) is 0. The third-order valence-electron chi connectivity index (χ3n) is 2.43. The van der Waals surface area contributed by atoms with Crippen molar-refractivity contribution in [1.29, 1.82) is 0 Å². The summed E-state index contributed by atoms with van der Waals surface area (Å²) in [6.07, 6.45) is -4.77. The minimum atomic E-state index is -4.77. The summed E-state index contributed by atoms with van der Waals surface area (Å²) < 4.78 is 53.4. The van der Waals surface area contributed by atoms with Crippen LogP contribution in [0.4, 0.5) is 23.2 Å². The van der Waals surface area contributed by atoms with Gasteiger partial charge in [0.25, 0.3) is 0 Å². The number of nitrogens with two attached hydrogens (primary N) is 1. The molecule has 0 saturated carbocycles. The molecule has 0 aromatic heterocycles. The van der Waals surface area contributed by atoms with Crippen LogP contribution in [0.2, 0.25) is 0 Å². The largest absolute Gasteiger partial charge is 0.573 e. The van der Waals surface area contributed by atoms with Gasteiger partial charge < -0.3 is 10.5 Å². The number of benzene rings is 2.